The van der Waals surface area contributed by atoms with Crippen molar-refractivity contribution in [1.29, 1.82) is 0 Å². The highest BCUT2D eigenvalue weighted by Gasteiger charge is 2.40. The molecule has 5 nitrogen and oxygen atoms in total. The third-order valence-electron chi connectivity index (χ3n) is 3.67. The first-order chi connectivity index (χ1) is 8.27. The van der Waals surface area contributed by atoms with Crippen molar-refractivity contribution < 1.29 is 9.47 Å². The van der Waals surface area contributed by atoms with Crippen molar-refractivity contribution in [2.45, 2.75) is 37.4 Å². The molecule has 2 aliphatic rings. The van der Waals surface area contributed by atoms with Gasteiger partial charge in [-0.05, 0) is 12.8 Å². The number of nitrogens with two attached hydrogens (primary N) is 1. The van der Waals surface area contributed by atoms with E-state index in [0.717, 1.165) is 44.6 Å². The molecular formula is C12H17N3O2. The number of hydrogen-bond donors (Lipinski definition) is 1. The number of nitrogen functional groups attached to an aromatic ring is 1. The molecule has 0 aromatic carbocycles. The van der Waals surface area contributed by atoms with E-state index < -0.39 is 0 Å². The first-order valence-electron chi connectivity index (χ1n) is 6.13. The van der Waals surface area contributed by atoms with Crippen LogP contribution in [0.3, 0.4) is 0 Å². The van der Waals surface area contributed by atoms with E-state index in [-0.39, 0.29) is 5.79 Å². The van der Waals surface area contributed by atoms with Gasteiger partial charge in [0.1, 0.15) is 5.82 Å². The first kappa shape index (κ1) is 10.9. The molecule has 1 aliphatic heterocycles. The Bertz CT molecular complexity index is 377. The topological polar surface area (TPSA) is 70.3 Å². The smallest absolute Gasteiger partial charge is 0.168 e. The second kappa shape index (κ2) is 4.23. The van der Waals surface area contributed by atoms with Crippen molar-refractivity contribution in [2.75, 3.05) is 18.9 Å². The molecule has 0 radical (unpaired) electrons. The van der Waals surface area contributed by atoms with Gasteiger partial charge in [0, 0.05) is 18.8 Å². The number of aromatic nitrogens is 2. The fraction of sp³-hybridized carbons (Fsp3) is 0.667. The van der Waals surface area contributed by atoms with Crippen molar-refractivity contribution in [3.8, 4) is 0 Å². The minimum absolute atomic E-state index is 0.294. The molecule has 2 fully saturated rings. The van der Waals surface area contributed by atoms with Crippen LogP contribution in [0.5, 0.6) is 0 Å². The zero-order chi connectivity index (χ0) is 11.7. The van der Waals surface area contributed by atoms with Gasteiger partial charge in [-0.15, -0.1) is 0 Å². The summed E-state index contributed by atoms with van der Waals surface area (Å²) >= 11 is 0. The zero-order valence-corrected chi connectivity index (χ0v) is 9.76. The number of hydrogen-bond acceptors (Lipinski definition) is 5. The number of nitrogens with zero attached hydrogens (tertiary/aromatic N) is 2. The maximum atomic E-state index is 5.71. The number of ether oxygens (including phenoxy) is 2. The quantitative estimate of drug-likeness (QED) is 0.798. The van der Waals surface area contributed by atoms with Crippen LogP contribution in [0.2, 0.25) is 0 Å². The Morgan fingerprint density at radius 2 is 1.82 bits per heavy atom. The normalized spacial score (nSPS) is 24.2. The van der Waals surface area contributed by atoms with E-state index in [0.29, 0.717) is 11.7 Å². The average molecular weight is 235 g/mol. The lowest BCUT2D eigenvalue weighted by Crippen LogP contribution is -2.34. The van der Waals surface area contributed by atoms with Crippen LogP contribution in [0.15, 0.2) is 12.4 Å². The summed E-state index contributed by atoms with van der Waals surface area (Å²) in [5.41, 5.74) is 6.57. The molecule has 1 aliphatic carbocycles. The largest absolute Gasteiger partial charge is 0.382 e. The lowest BCUT2D eigenvalue weighted by molar-refractivity contribution is -0.178. The molecule has 17 heavy (non-hydrogen) atoms. The fourth-order valence-electron chi connectivity index (χ4n) is 2.70. The van der Waals surface area contributed by atoms with Gasteiger partial charge in [-0.1, -0.05) is 0 Å². The van der Waals surface area contributed by atoms with Crippen LogP contribution in [-0.4, -0.2) is 29.0 Å². The van der Waals surface area contributed by atoms with Gasteiger partial charge in [0.25, 0.3) is 0 Å². The van der Waals surface area contributed by atoms with Crippen molar-refractivity contribution in [3.05, 3.63) is 18.1 Å². The maximum Gasteiger partial charge on any atom is 0.168 e. The third kappa shape index (κ3) is 2.12. The highest BCUT2D eigenvalue weighted by atomic mass is 16.7. The molecule has 0 bridgehead atoms. The van der Waals surface area contributed by atoms with Crippen molar-refractivity contribution >= 4 is 5.82 Å². The van der Waals surface area contributed by atoms with Gasteiger partial charge in [-0.2, -0.15) is 0 Å². The van der Waals surface area contributed by atoms with Crippen LogP contribution in [0, 0.1) is 0 Å². The van der Waals surface area contributed by atoms with E-state index in [1.54, 1.807) is 12.4 Å². The summed E-state index contributed by atoms with van der Waals surface area (Å²) in [7, 11) is 0. The van der Waals surface area contributed by atoms with Gasteiger partial charge < -0.3 is 15.2 Å². The molecule has 0 atom stereocenters. The van der Waals surface area contributed by atoms with Gasteiger partial charge in [-0.3, -0.25) is 4.98 Å². The van der Waals surface area contributed by atoms with Gasteiger partial charge >= 0.3 is 0 Å². The molecule has 1 aromatic heterocycles. The molecule has 2 N–H and O–H groups in total. The summed E-state index contributed by atoms with van der Waals surface area (Å²) in [5, 5.41) is 0. The van der Waals surface area contributed by atoms with Crippen molar-refractivity contribution in [1.82, 2.24) is 9.97 Å². The molecule has 1 saturated carbocycles. The van der Waals surface area contributed by atoms with E-state index in [4.69, 9.17) is 15.2 Å². The first-order valence-corrected chi connectivity index (χ1v) is 6.13. The van der Waals surface area contributed by atoms with Crippen LogP contribution in [0.1, 0.15) is 37.3 Å². The zero-order valence-electron chi connectivity index (χ0n) is 9.76. The average Bonchev–Trinajstić information content (AvgIpc) is 2.80. The predicted octanol–water partition coefficient (Wildman–Crippen LogP) is 1.46. The lowest BCUT2D eigenvalue weighted by Gasteiger charge is -2.34. The van der Waals surface area contributed by atoms with Gasteiger partial charge in [-0.25, -0.2) is 4.98 Å². The molecule has 5 heteroatoms. The van der Waals surface area contributed by atoms with Gasteiger partial charge in [0.05, 0.1) is 31.3 Å². The Hall–Kier alpha value is -1.20. The molecule has 1 saturated heterocycles. The Labute approximate surface area is 100 Å². The standard InChI is InChI=1S/C12H17N3O2/c13-11-8-14-10(7-15-11)9-1-3-12(4-2-9)16-5-6-17-12/h7-9H,1-6H2,(H2,13,15). The van der Waals surface area contributed by atoms with Crippen LogP contribution in [-0.2, 0) is 9.47 Å². The Morgan fingerprint density at radius 1 is 1.12 bits per heavy atom. The minimum atomic E-state index is -0.294. The SMILES string of the molecule is Nc1cnc(C2CCC3(CC2)OCCO3)cn1. The highest BCUT2D eigenvalue weighted by molar-refractivity contribution is 5.24. The fourth-order valence-corrected chi connectivity index (χ4v) is 2.70. The molecule has 0 amide bonds. The van der Waals surface area contributed by atoms with E-state index in [1.165, 1.54) is 0 Å². The van der Waals surface area contributed by atoms with E-state index in [9.17, 15) is 0 Å². The van der Waals surface area contributed by atoms with Crippen LogP contribution in [0.25, 0.3) is 0 Å². The lowest BCUT2D eigenvalue weighted by atomic mass is 9.83. The summed E-state index contributed by atoms with van der Waals surface area (Å²) in [6.07, 6.45) is 7.39. The van der Waals surface area contributed by atoms with Gasteiger partial charge in [0.15, 0.2) is 5.79 Å². The monoisotopic (exact) mass is 235 g/mol. The van der Waals surface area contributed by atoms with E-state index in [1.807, 2.05) is 0 Å². The Balaban J connectivity index is 1.66. The third-order valence-corrected chi connectivity index (χ3v) is 3.67. The minimum Gasteiger partial charge on any atom is -0.382 e. The van der Waals surface area contributed by atoms with Gasteiger partial charge in [0.2, 0.25) is 0 Å². The summed E-state index contributed by atoms with van der Waals surface area (Å²) in [4.78, 5) is 8.44. The molecule has 0 unspecified atom stereocenters. The molecule has 92 valence electrons. The molecule has 1 aromatic rings. The van der Waals surface area contributed by atoms with E-state index in [2.05, 4.69) is 9.97 Å². The second-order valence-corrected chi connectivity index (χ2v) is 4.75. The maximum absolute atomic E-state index is 5.71. The van der Waals surface area contributed by atoms with Crippen molar-refractivity contribution in [3.63, 3.8) is 0 Å². The van der Waals surface area contributed by atoms with Crippen LogP contribution in [0.4, 0.5) is 5.82 Å². The van der Waals surface area contributed by atoms with Crippen LogP contribution >= 0.6 is 0 Å². The molecular weight excluding hydrogens is 218 g/mol. The Morgan fingerprint density at radius 3 is 2.41 bits per heavy atom. The summed E-state index contributed by atoms with van der Waals surface area (Å²) < 4.78 is 11.4. The molecule has 2 heterocycles. The molecule has 1 spiro atoms. The summed E-state index contributed by atoms with van der Waals surface area (Å²) in [5.74, 6) is 0.641. The van der Waals surface area contributed by atoms with E-state index >= 15 is 0 Å². The van der Waals surface area contributed by atoms with Crippen LogP contribution < -0.4 is 5.73 Å². The Kier molecular flexibility index (Phi) is 2.72. The number of rotatable bonds is 1. The van der Waals surface area contributed by atoms with Crippen molar-refractivity contribution in [2.24, 2.45) is 0 Å². The predicted molar refractivity (Wildman–Crippen MR) is 62.3 cm³/mol. The molecule has 3 rings (SSSR count). The summed E-state index contributed by atoms with van der Waals surface area (Å²) in [6, 6.07) is 0. The second-order valence-electron chi connectivity index (χ2n) is 4.75. The summed E-state index contributed by atoms with van der Waals surface area (Å²) in [6.45, 7) is 1.46. The number of anilines is 1. The highest BCUT2D eigenvalue weighted by Crippen LogP contribution is 2.41.